The Balaban J connectivity index is 1.86. The van der Waals surface area contributed by atoms with Crippen molar-refractivity contribution in [2.24, 2.45) is 0 Å². The number of nitrogens with zero attached hydrogens (tertiary/aromatic N) is 2. The molecule has 21 heavy (non-hydrogen) atoms. The minimum Gasteiger partial charge on any atom is -0.297 e. The number of nitriles is 1. The summed E-state index contributed by atoms with van der Waals surface area (Å²) in [6.07, 6.45) is 6.12. The second-order valence-corrected chi connectivity index (χ2v) is 6.48. The second kappa shape index (κ2) is 6.17. The summed E-state index contributed by atoms with van der Waals surface area (Å²) >= 11 is 0. The summed E-state index contributed by atoms with van der Waals surface area (Å²) in [6.45, 7) is 4.19. The fourth-order valence-corrected chi connectivity index (χ4v) is 3.52. The number of nitrogens with one attached hydrogen (secondary N) is 1. The molecule has 1 aromatic carbocycles. The van der Waals surface area contributed by atoms with Crippen molar-refractivity contribution in [3.05, 3.63) is 35.9 Å². The molecule has 0 aromatic heterocycles. The molecule has 1 heterocycles. The summed E-state index contributed by atoms with van der Waals surface area (Å²) in [5.41, 5.74) is 0.557. The average molecular weight is 283 g/mol. The molecule has 0 amide bonds. The third kappa shape index (κ3) is 3.12. The van der Waals surface area contributed by atoms with E-state index in [1.54, 1.807) is 0 Å². The molecule has 1 aliphatic heterocycles. The van der Waals surface area contributed by atoms with Crippen LogP contribution in [0.15, 0.2) is 30.3 Å². The first-order valence-electron chi connectivity index (χ1n) is 8.26. The Morgan fingerprint density at radius 2 is 2.05 bits per heavy atom. The molecule has 1 aliphatic carbocycles. The lowest BCUT2D eigenvalue weighted by Gasteiger charge is -2.35. The predicted molar refractivity (Wildman–Crippen MR) is 84.8 cm³/mol. The van der Waals surface area contributed by atoms with Gasteiger partial charge in [0, 0.05) is 18.6 Å². The van der Waals surface area contributed by atoms with E-state index in [0.717, 1.165) is 18.7 Å². The van der Waals surface area contributed by atoms with Gasteiger partial charge in [-0.25, -0.2) is 0 Å². The van der Waals surface area contributed by atoms with Gasteiger partial charge in [-0.2, -0.15) is 5.26 Å². The fourth-order valence-electron chi connectivity index (χ4n) is 3.52. The van der Waals surface area contributed by atoms with Gasteiger partial charge >= 0.3 is 0 Å². The van der Waals surface area contributed by atoms with Crippen LogP contribution in [0.2, 0.25) is 0 Å². The molecule has 2 fully saturated rings. The smallest absolute Gasteiger partial charge is 0.145 e. The lowest BCUT2D eigenvalue weighted by Crippen LogP contribution is -2.52. The third-order valence-electron chi connectivity index (χ3n) is 4.90. The standard InChI is InChI=1S/C18H25N3/c1-2-17-9-6-12-21(17)14-18(13-19,20-16-10-11-16)15-7-4-3-5-8-15/h3-5,7-8,16-17,20H,2,6,9-12,14H2,1H3. The Labute approximate surface area is 128 Å². The molecular weight excluding hydrogens is 258 g/mol. The Bertz CT molecular complexity index is 503. The van der Waals surface area contributed by atoms with E-state index in [1.807, 2.05) is 18.2 Å². The molecule has 0 spiro atoms. The SMILES string of the molecule is CCC1CCCN1CC(C#N)(NC1CC1)c1ccccc1. The Hall–Kier alpha value is -1.37. The summed E-state index contributed by atoms with van der Waals surface area (Å²) in [5.74, 6) is 0. The zero-order chi connectivity index (χ0) is 14.7. The van der Waals surface area contributed by atoms with Crippen LogP contribution >= 0.6 is 0 Å². The molecule has 2 unspecified atom stereocenters. The van der Waals surface area contributed by atoms with E-state index in [-0.39, 0.29) is 0 Å². The van der Waals surface area contributed by atoms with E-state index in [4.69, 9.17) is 0 Å². The topological polar surface area (TPSA) is 39.1 Å². The first-order chi connectivity index (χ1) is 10.3. The largest absolute Gasteiger partial charge is 0.297 e. The highest BCUT2D eigenvalue weighted by atomic mass is 15.2. The highest BCUT2D eigenvalue weighted by Gasteiger charge is 2.41. The van der Waals surface area contributed by atoms with Crippen molar-refractivity contribution < 1.29 is 0 Å². The molecule has 1 saturated heterocycles. The molecule has 0 radical (unpaired) electrons. The highest BCUT2D eigenvalue weighted by Crippen LogP contribution is 2.31. The van der Waals surface area contributed by atoms with Gasteiger partial charge in [0.2, 0.25) is 0 Å². The van der Waals surface area contributed by atoms with E-state index in [0.29, 0.717) is 12.1 Å². The summed E-state index contributed by atoms with van der Waals surface area (Å²) in [4.78, 5) is 2.52. The summed E-state index contributed by atoms with van der Waals surface area (Å²) in [5, 5.41) is 13.6. The van der Waals surface area contributed by atoms with E-state index < -0.39 is 5.54 Å². The summed E-state index contributed by atoms with van der Waals surface area (Å²) in [7, 11) is 0. The second-order valence-electron chi connectivity index (χ2n) is 6.48. The third-order valence-corrected chi connectivity index (χ3v) is 4.90. The first kappa shape index (κ1) is 14.6. The van der Waals surface area contributed by atoms with Gasteiger partial charge in [-0.1, -0.05) is 37.3 Å². The Morgan fingerprint density at radius 3 is 2.67 bits per heavy atom. The van der Waals surface area contributed by atoms with Crippen molar-refractivity contribution in [2.75, 3.05) is 13.1 Å². The zero-order valence-electron chi connectivity index (χ0n) is 12.9. The van der Waals surface area contributed by atoms with Crippen molar-refractivity contribution in [2.45, 2.75) is 56.7 Å². The number of likely N-dealkylation sites (tertiary alicyclic amines) is 1. The lowest BCUT2D eigenvalue weighted by atomic mass is 9.90. The van der Waals surface area contributed by atoms with Gasteiger partial charge in [0.1, 0.15) is 5.54 Å². The average Bonchev–Trinajstić information content (AvgIpc) is 3.23. The molecule has 112 valence electrons. The predicted octanol–water partition coefficient (Wildman–Crippen LogP) is 3.03. The molecule has 0 bridgehead atoms. The van der Waals surface area contributed by atoms with Crippen molar-refractivity contribution in [3.63, 3.8) is 0 Å². The van der Waals surface area contributed by atoms with E-state index in [1.165, 1.54) is 32.1 Å². The number of rotatable bonds is 6. The van der Waals surface area contributed by atoms with Gasteiger partial charge in [0.25, 0.3) is 0 Å². The zero-order valence-corrected chi connectivity index (χ0v) is 12.9. The van der Waals surface area contributed by atoms with Crippen LogP contribution in [0.3, 0.4) is 0 Å². The van der Waals surface area contributed by atoms with Crippen molar-refractivity contribution in [1.82, 2.24) is 10.2 Å². The molecule has 3 rings (SSSR count). The van der Waals surface area contributed by atoms with Gasteiger partial charge in [0.15, 0.2) is 0 Å². The maximum Gasteiger partial charge on any atom is 0.145 e. The van der Waals surface area contributed by atoms with Crippen molar-refractivity contribution in [1.29, 1.82) is 5.26 Å². The normalized spacial score (nSPS) is 25.4. The van der Waals surface area contributed by atoms with Crippen LogP contribution in [-0.4, -0.2) is 30.1 Å². The lowest BCUT2D eigenvalue weighted by molar-refractivity contribution is 0.191. The molecule has 1 saturated carbocycles. The highest BCUT2D eigenvalue weighted by molar-refractivity contribution is 5.33. The van der Waals surface area contributed by atoms with Crippen LogP contribution in [-0.2, 0) is 5.54 Å². The monoisotopic (exact) mass is 283 g/mol. The molecule has 2 atom stereocenters. The van der Waals surface area contributed by atoms with Crippen LogP contribution in [0.1, 0.15) is 44.6 Å². The van der Waals surface area contributed by atoms with Gasteiger partial charge in [0.05, 0.1) is 6.07 Å². The van der Waals surface area contributed by atoms with Gasteiger partial charge in [-0.05, 0) is 44.2 Å². The molecule has 2 aliphatic rings. The van der Waals surface area contributed by atoms with Crippen molar-refractivity contribution >= 4 is 0 Å². The quantitative estimate of drug-likeness (QED) is 0.872. The van der Waals surface area contributed by atoms with Gasteiger partial charge in [-0.3, -0.25) is 10.2 Å². The van der Waals surface area contributed by atoms with E-state index >= 15 is 0 Å². The maximum atomic E-state index is 9.99. The van der Waals surface area contributed by atoms with Crippen LogP contribution in [0.4, 0.5) is 0 Å². The summed E-state index contributed by atoms with van der Waals surface area (Å²) in [6, 6.07) is 14.1. The minimum absolute atomic E-state index is 0.521. The molecule has 3 heteroatoms. The van der Waals surface area contributed by atoms with Crippen LogP contribution < -0.4 is 5.32 Å². The van der Waals surface area contributed by atoms with E-state index in [9.17, 15) is 5.26 Å². The number of hydrogen-bond donors (Lipinski definition) is 1. The fraction of sp³-hybridized carbons (Fsp3) is 0.611. The number of hydrogen-bond acceptors (Lipinski definition) is 3. The Kier molecular flexibility index (Phi) is 4.28. The maximum absolute atomic E-state index is 9.99. The van der Waals surface area contributed by atoms with Crippen LogP contribution in [0.5, 0.6) is 0 Å². The molecule has 1 aromatic rings. The molecule has 3 nitrogen and oxygen atoms in total. The van der Waals surface area contributed by atoms with Crippen LogP contribution in [0, 0.1) is 11.3 Å². The first-order valence-corrected chi connectivity index (χ1v) is 8.26. The van der Waals surface area contributed by atoms with Gasteiger partial charge < -0.3 is 0 Å². The minimum atomic E-state index is -0.555. The Morgan fingerprint density at radius 1 is 1.29 bits per heavy atom. The van der Waals surface area contributed by atoms with Crippen molar-refractivity contribution in [3.8, 4) is 6.07 Å². The van der Waals surface area contributed by atoms with E-state index in [2.05, 4.69) is 35.3 Å². The molecule has 1 N–H and O–H groups in total. The van der Waals surface area contributed by atoms with Crippen LogP contribution in [0.25, 0.3) is 0 Å². The molecular formula is C18H25N3. The van der Waals surface area contributed by atoms with Gasteiger partial charge in [-0.15, -0.1) is 0 Å². The number of benzene rings is 1. The summed E-state index contributed by atoms with van der Waals surface area (Å²) < 4.78 is 0.